The average molecular weight is 281 g/mol. The predicted molar refractivity (Wildman–Crippen MR) is 71.0 cm³/mol. The van der Waals surface area contributed by atoms with Gasteiger partial charge in [-0.2, -0.15) is 0 Å². The second kappa shape index (κ2) is 6.43. The normalized spacial score (nSPS) is 12.2. The van der Waals surface area contributed by atoms with E-state index in [1.54, 1.807) is 0 Å². The van der Waals surface area contributed by atoms with Crippen LogP contribution in [0.2, 0.25) is 0 Å². The van der Waals surface area contributed by atoms with Gasteiger partial charge in [-0.05, 0) is 5.56 Å². The van der Waals surface area contributed by atoms with Crippen LogP contribution in [0.15, 0.2) is 42.5 Å². The largest absolute Gasteiger partial charge is 0.382 e. The molecule has 2 nitrogen and oxygen atoms in total. The molecule has 106 valence electrons. The summed E-state index contributed by atoms with van der Waals surface area (Å²) >= 11 is 0. The van der Waals surface area contributed by atoms with E-state index in [0.717, 1.165) is 11.6 Å². The molecule has 2 aromatic rings. The summed E-state index contributed by atoms with van der Waals surface area (Å²) in [6, 6.07) is 10.2. The fraction of sp³-hybridized carbons (Fsp3) is 0.200. The van der Waals surface area contributed by atoms with Crippen molar-refractivity contribution in [1.82, 2.24) is 0 Å². The summed E-state index contributed by atoms with van der Waals surface area (Å²) in [6.07, 6.45) is 0. The number of halogens is 3. The summed E-state index contributed by atoms with van der Waals surface area (Å²) in [5.41, 5.74) is 0.758. The van der Waals surface area contributed by atoms with Crippen LogP contribution < -0.4 is 5.32 Å². The maximum absolute atomic E-state index is 13.6. The van der Waals surface area contributed by atoms with Crippen molar-refractivity contribution in [2.45, 2.75) is 6.04 Å². The van der Waals surface area contributed by atoms with Crippen molar-refractivity contribution in [3.63, 3.8) is 0 Å². The third-order valence-corrected chi connectivity index (χ3v) is 2.87. The highest BCUT2D eigenvalue weighted by Crippen LogP contribution is 2.24. The van der Waals surface area contributed by atoms with Crippen molar-refractivity contribution < 1.29 is 17.9 Å². The molecule has 0 fully saturated rings. The molecule has 0 aromatic heterocycles. The first-order valence-electron chi connectivity index (χ1n) is 6.06. The summed E-state index contributed by atoms with van der Waals surface area (Å²) in [5.74, 6) is -3.16. The Kier molecular flexibility index (Phi) is 4.63. The molecular formula is C15H14F3NO. The van der Waals surface area contributed by atoms with Crippen molar-refractivity contribution in [3.05, 3.63) is 65.5 Å². The fourth-order valence-corrected chi connectivity index (χ4v) is 1.89. The van der Waals surface area contributed by atoms with Crippen LogP contribution in [0.4, 0.5) is 18.9 Å². The summed E-state index contributed by atoms with van der Waals surface area (Å²) < 4.78 is 44.8. The first-order chi connectivity index (χ1) is 9.61. The quantitative estimate of drug-likeness (QED) is 0.839. The van der Waals surface area contributed by atoms with Crippen LogP contribution in [0, 0.1) is 17.5 Å². The number of ether oxygens (including phenoxy) is 1. The van der Waals surface area contributed by atoms with Gasteiger partial charge in [0.25, 0.3) is 0 Å². The molecule has 0 saturated heterocycles. The van der Waals surface area contributed by atoms with Crippen LogP contribution in [0.25, 0.3) is 0 Å². The molecule has 0 saturated carbocycles. The lowest BCUT2D eigenvalue weighted by Gasteiger charge is -2.20. The van der Waals surface area contributed by atoms with Gasteiger partial charge >= 0.3 is 0 Å². The van der Waals surface area contributed by atoms with Gasteiger partial charge in [0, 0.05) is 19.2 Å². The van der Waals surface area contributed by atoms with Gasteiger partial charge in [0.05, 0.1) is 18.3 Å². The number of benzene rings is 2. The maximum atomic E-state index is 13.6. The lowest BCUT2D eigenvalue weighted by molar-refractivity contribution is 0.186. The molecule has 0 bridgehead atoms. The smallest absolute Gasteiger partial charge is 0.161 e. The Bertz CT molecular complexity index is 575. The van der Waals surface area contributed by atoms with Gasteiger partial charge in [-0.15, -0.1) is 0 Å². The average Bonchev–Trinajstić information content (AvgIpc) is 2.45. The number of anilines is 1. The van der Waals surface area contributed by atoms with E-state index >= 15 is 0 Å². The van der Waals surface area contributed by atoms with E-state index in [2.05, 4.69) is 5.32 Å². The first-order valence-corrected chi connectivity index (χ1v) is 6.06. The van der Waals surface area contributed by atoms with E-state index in [1.807, 2.05) is 30.3 Å². The Morgan fingerprint density at radius 2 is 1.65 bits per heavy atom. The van der Waals surface area contributed by atoms with Gasteiger partial charge in [0.1, 0.15) is 5.82 Å². The van der Waals surface area contributed by atoms with Crippen molar-refractivity contribution in [3.8, 4) is 0 Å². The molecule has 0 aliphatic carbocycles. The standard InChI is InChI=1S/C15H14F3NO/c1-20-9-15(10-5-3-2-4-6-10)19-14-8-12(17)11(16)7-13(14)18/h2-8,15,19H,9H2,1H3. The number of hydrogen-bond donors (Lipinski definition) is 1. The minimum absolute atomic E-state index is 0.102. The Morgan fingerprint density at radius 1 is 1.00 bits per heavy atom. The van der Waals surface area contributed by atoms with Gasteiger partial charge in [-0.1, -0.05) is 30.3 Å². The third-order valence-electron chi connectivity index (χ3n) is 2.87. The molecule has 5 heteroatoms. The van der Waals surface area contributed by atoms with E-state index in [9.17, 15) is 13.2 Å². The molecular weight excluding hydrogens is 267 g/mol. The summed E-state index contributed by atoms with van der Waals surface area (Å²) in [7, 11) is 1.51. The zero-order valence-electron chi connectivity index (χ0n) is 10.9. The van der Waals surface area contributed by atoms with E-state index < -0.39 is 17.5 Å². The van der Waals surface area contributed by atoms with Gasteiger partial charge < -0.3 is 10.1 Å². The molecule has 2 rings (SSSR count). The van der Waals surface area contributed by atoms with Crippen molar-refractivity contribution in [1.29, 1.82) is 0 Å². The van der Waals surface area contributed by atoms with E-state index in [1.165, 1.54) is 7.11 Å². The Hall–Kier alpha value is -2.01. The summed E-state index contributed by atoms with van der Waals surface area (Å²) in [4.78, 5) is 0. The molecule has 2 aromatic carbocycles. The predicted octanol–water partition coefficient (Wildman–Crippen LogP) is 3.90. The maximum Gasteiger partial charge on any atom is 0.161 e. The van der Waals surface area contributed by atoms with Crippen molar-refractivity contribution >= 4 is 5.69 Å². The first kappa shape index (κ1) is 14.4. The Balaban J connectivity index is 2.27. The Labute approximate surface area is 115 Å². The molecule has 0 amide bonds. The van der Waals surface area contributed by atoms with Crippen molar-refractivity contribution in [2.24, 2.45) is 0 Å². The monoisotopic (exact) mass is 281 g/mol. The zero-order chi connectivity index (χ0) is 14.5. The molecule has 0 heterocycles. The summed E-state index contributed by atoms with van der Waals surface area (Å²) in [5, 5.41) is 2.83. The fourth-order valence-electron chi connectivity index (χ4n) is 1.89. The number of hydrogen-bond acceptors (Lipinski definition) is 2. The topological polar surface area (TPSA) is 21.3 Å². The lowest BCUT2D eigenvalue weighted by atomic mass is 10.1. The SMILES string of the molecule is COCC(Nc1cc(F)c(F)cc1F)c1ccccc1. The third kappa shape index (κ3) is 3.30. The van der Waals surface area contributed by atoms with E-state index in [0.29, 0.717) is 6.07 Å². The molecule has 1 N–H and O–H groups in total. The van der Waals surface area contributed by atoms with Gasteiger partial charge in [0.15, 0.2) is 11.6 Å². The number of rotatable bonds is 5. The number of nitrogens with one attached hydrogen (secondary N) is 1. The highest BCUT2D eigenvalue weighted by molar-refractivity contribution is 5.47. The molecule has 1 atom stereocenters. The highest BCUT2D eigenvalue weighted by atomic mass is 19.2. The van der Waals surface area contributed by atoms with Crippen LogP contribution in [-0.2, 0) is 4.74 Å². The minimum Gasteiger partial charge on any atom is -0.382 e. The molecule has 0 aliphatic rings. The van der Waals surface area contributed by atoms with Crippen LogP contribution in [-0.4, -0.2) is 13.7 Å². The summed E-state index contributed by atoms with van der Waals surface area (Å²) in [6.45, 7) is 0.266. The van der Waals surface area contributed by atoms with Crippen LogP contribution in [0.1, 0.15) is 11.6 Å². The van der Waals surface area contributed by atoms with Crippen LogP contribution in [0.5, 0.6) is 0 Å². The van der Waals surface area contributed by atoms with E-state index in [-0.39, 0.29) is 18.3 Å². The van der Waals surface area contributed by atoms with Crippen molar-refractivity contribution in [2.75, 3.05) is 19.0 Å². The minimum atomic E-state index is -1.21. The van der Waals surface area contributed by atoms with E-state index in [4.69, 9.17) is 4.74 Å². The van der Waals surface area contributed by atoms with Gasteiger partial charge in [-0.3, -0.25) is 0 Å². The van der Waals surface area contributed by atoms with Gasteiger partial charge in [0.2, 0.25) is 0 Å². The highest BCUT2D eigenvalue weighted by Gasteiger charge is 2.15. The lowest BCUT2D eigenvalue weighted by Crippen LogP contribution is -2.17. The van der Waals surface area contributed by atoms with Crippen LogP contribution >= 0.6 is 0 Å². The number of methoxy groups -OCH3 is 1. The molecule has 0 aliphatic heterocycles. The molecule has 0 spiro atoms. The molecule has 20 heavy (non-hydrogen) atoms. The van der Waals surface area contributed by atoms with Crippen LogP contribution in [0.3, 0.4) is 0 Å². The molecule has 0 radical (unpaired) electrons. The zero-order valence-corrected chi connectivity index (χ0v) is 10.9. The Morgan fingerprint density at radius 3 is 2.30 bits per heavy atom. The second-order valence-electron chi connectivity index (χ2n) is 4.31. The molecule has 1 unspecified atom stereocenters. The van der Waals surface area contributed by atoms with Gasteiger partial charge in [-0.25, -0.2) is 13.2 Å². The second-order valence-corrected chi connectivity index (χ2v) is 4.31.